The summed E-state index contributed by atoms with van der Waals surface area (Å²) in [6, 6.07) is 18.5. The summed E-state index contributed by atoms with van der Waals surface area (Å²) in [6.07, 6.45) is 0.725. The van der Waals surface area contributed by atoms with E-state index in [9.17, 15) is 18.0 Å². The van der Waals surface area contributed by atoms with Gasteiger partial charge in [-0.2, -0.15) is 0 Å². The van der Waals surface area contributed by atoms with Crippen LogP contribution in [0.4, 0.5) is 5.69 Å². The van der Waals surface area contributed by atoms with Crippen molar-refractivity contribution in [3.63, 3.8) is 0 Å². The molecule has 0 saturated carbocycles. The number of nitrogens with zero attached hydrogens (tertiary/aromatic N) is 2. The van der Waals surface area contributed by atoms with Gasteiger partial charge >= 0.3 is 0 Å². The zero-order valence-electron chi connectivity index (χ0n) is 23.0. The second kappa shape index (κ2) is 14.0. The number of nitrogens with one attached hydrogen (secondary N) is 1. The lowest BCUT2D eigenvalue weighted by Crippen LogP contribution is -2.51. The van der Waals surface area contributed by atoms with Crippen LogP contribution in [0.25, 0.3) is 0 Å². The first-order chi connectivity index (χ1) is 19.1. The van der Waals surface area contributed by atoms with Gasteiger partial charge in [0, 0.05) is 18.1 Å². The minimum absolute atomic E-state index is 0.0136. The molecular formula is C29H34ClN3O6S. The van der Waals surface area contributed by atoms with Crippen molar-refractivity contribution >= 4 is 39.1 Å². The van der Waals surface area contributed by atoms with Crippen molar-refractivity contribution in [2.75, 3.05) is 31.6 Å². The summed E-state index contributed by atoms with van der Waals surface area (Å²) in [6.45, 7) is 3.45. The van der Waals surface area contributed by atoms with Gasteiger partial charge in [0.1, 0.15) is 24.1 Å². The van der Waals surface area contributed by atoms with Crippen molar-refractivity contribution in [1.29, 1.82) is 0 Å². The first kappa shape index (κ1) is 30.8. The maximum Gasteiger partial charge on any atom is 0.264 e. The fraction of sp³-hybridized carbons (Fsp3) is 0.310. The minimum Gasteiger partial charge on any atom is -0.497 e. The Morgan fingerprint density at radius 1 is 0.975 bits per heavy atom. The van der Waals surface area contributed by atoms with Crippen LogP contribution in [-0.2, 0) is 26.2 Å². The summed E-state index contributed by atoms with van der Waals surface area (Å²) in [7, 11) is -1.29. The molecule has 3 rings (SSSR count). The number of rotatable bonds is 13. The topological polar surface area (TPSA) is 105 Å². The monoisotopic (exact) mass is 587 g/mol. The summed E-state index contributed by atoms with van der Waals surface area (Å²) in [5.74, 6) is -0.0753. The molecule has 0 bridgehead atoms. The van der Waals surface area contributed by atoms with Gasteiger partial charge in [-0.1, -0.05) is 48.9 Å². The minimum atomic E-state index is -4.24. The van der Waals surface area contributed by atoms with E-state index >= 15 is 0 Å². The maximum atomic E-state index is 14.0. The van der Waals surface area contributed by atoms with Crippen molar-refractivity contribution < 1.29 is 27.5 Å². The van der Waals surface area contributed by atoms with Crippen LogP contribution in [0.15, 0.2) is 77.7 Å². The largest absolute Gasteiger partial charge is 0.497 e. The van der Waals surface area contributed by atoms with Crippen LogP contribution in [0.1, 0.15) is 25.8 Å². The molecule has 0 spiro atoms. The van der Waals surface area contributed by atoms with Crippen molar-refractivity contribution in [3.8, 4) is 11.5 Å². The Balaban J connectivity index is 2.06. The van der Waals surface area contributed by atoms with E-state index in [-0.39, 0.29) is 33.8 Å². The molecule has 1 N–H and O–H groups in total. The molecule has 11 heteroatoms. The molecule has 214 valence electrons. The first-order valence-corrected chi connectivity index (χ1v) is 14.6. The number of amides is 2. The van der Waals surface area contributed by atoms with Crippen LogP contribution >= 0.6 is 11.6 Å². The first-order valence-electron chi connectivity index (χ1n) is 12.7. The van der Waals surface area contributed by atoms with E-state index in [1.54, 1.807) is 62.6 Å². The lowest BCUT2D eigenvalue weighted by Gasteiger charge is -2.32. The second-order valence-electron chi connectivity index (χ2n) is 8.98. The highest BCUT2D eigenvalue weighted by Crippen LogP contribution is 2.35. The molecule has 0 aliphatic carbocycles. The van der Waals surface area contributed by atoms with E-state index in [1.807, 2.05) is 6.92 Å². The van der Waals surface area contributed by atoms with Crippen LogP contribution in [0, 0.1) is 0 Å². The van der Waals surface area contributed by atoms with Crippen LogP contribution < -0.4 is 19.1 Å². The molecule has 0 unspecified atom stereocenters. The number of sulfonamides is 1. The van der Waals surface area contributed by atoms with Gasteiger partial charge in [-0.05, 0) is 61.4 Å². The van der Waals surface area contributed by atoms with E-state index in [0.29, 0.717) is 12.3 Å². The SMILES string of the molecule is CCCNC(=O)[C@@H](C)N(Cc1ccc(OC)cc1)C(=O)CN(c1cc(Cl)ccc1OC)S(=O)(=O)c1ccccc1. The average Bonchev–Trinajstić information content (AvgIpc) is 2.97. The lowest BCUT2D eigenvalue weighted by atomic mass is 10.1. The maximum absolute atomic E-state index is 14.0. The third kappa shape index (κ3) is 7.45. The van der Waals surface area contributed by atoms with Gasteiger partial charge in [-0.15, -0.1) is 0 Å². The van der Waals surface area contributed by atoms with E-state index in [0.717, 1.165) is 16.3 Å². The molecule has 0 aliphatic rings. The Kier molecular flexibility index (Phi) is 10.8. The van der Waals surface area contributed by atoms with Crippen molar-refractivity contribution in [2.24, 2.45) is 0 Å². The van der Waals surface area contributed by atoms with Gasteiger partial charge in [0.15, 0.2) is 0 Å². The molecule has 9 nitrogen and oxygen atoms in total. The molecular weight excluding hydrogens is 554 g/mol. The summed E-state index contributed by atoms with van der Waals surface area (Å²) >= 11 is 6.25. The fourth-order valence-electron chi connectivity index (χ4n) is 4.00. The molecule has 0 aliphatic heterocycles. The van der Waals surface area contributed by atoms with Gasteiger partial charge in [0.25, 0.3) is 10.0 Å². The number of carbonyl (C=O) groups is 2. The Hall–Kier alpha value is -3.76. The number of hydrogen-bond donors (Lipinski definition) is 1. The number of hydrogen-bond acceptors (Lipinski definition) is 6. The van der Waals surface area contributed by atoms with Crippen LogP contribution in [0.2, 0.25) is 5.02 Å². The predicted molar refractivity (Wildman–Crippen MR) is 155 cm³/mol. The Morgan fingerprint density at radius 2 is 1.65 bits per heavy atom. The van der Waals surface area contributed by atoms with Crippen molar-refractivity contribution in [3.05, 3.63) is 83.4 Å². The van der Waals surface area contributed by atoms with Gasteiger partial charge in [-0.25, -0.2) is 8.42 Å². The zero-order valence-corrected chi connectivity index (χ0v) is 24.5. The Labute approximate surface area is 240 Å². The molecule has 0 saturated heterocycles. The van der Waals surface area contributed by atoms with Gasteiger partial charge in [0.05, 0.1) is 24.8 Å². The molecule has 1 atom stereocenters. The highest BCUT2D eigenvalue weighted by Gasteiger charge is 2.33. The summed E-state index contributed by atoms with van der Waals surface area (Å²) < 4.78 is 39.4. The number of ether oxygens (including phenoxy) is 2. The summed E-state index contributed by atoms with van der Waals surface area (Å²) in [5.41, 5.74) is 0.835. The van der Waals surface area contributed by atoms with Crippen LogP contribution in [-0.4, -0.2) is 58.5 Å². The molecule has 0 fully saturated rings. The molecule has 2 amide bonds. The smallest absolute Gasteiger partial charge is 0.264 e. The van der Waals surface area contributed by atoms with E-state index in [2.05, 4.69) is 5.32 Å². The van der Waals surface area contributed by atoms with Crippen molar-refractivity contribution in [1.82, 2.24) is 10.2 Å². The van der Waals surface area contributed by atoms with Gasteiger partial charge < -0.3 is 19.7 Å². The highest BCUT2D eigenvalue weighted by molar-refractivity contribution is 7.92. The molecule has 0 radical (unpaired) electrons. The van der Waals surface area contributed by atoms with E-state index in [4.69, 9.17) is 21.1 Å². The standard InChI is InChI=1S/C29H34ClN3O6S/c1-5-17-31-29(35)21(2)32(19-22-11-14-24(38-3)15-12-22)28(34)20-33(26-18-23(30)13-16-27(26)39-4)40(36,37)25-9-7-6-8-10-25/h6-16,18,21H,5,17,19-20H2,1-4H3,(H,31,35)/t21-/m1/s1. The third-order valence-corrected chi connectivity index (χ3v) is 8.26. The lowest BCUT2D eigenvalue weighted by molar-refractivity contribution is -0.139. The Bertz CT molecular complexity index is 1400. The fourth-order valence-corrected chi connectivity index (χ4v) is 5.60. The van der Waals surface area contributed by atoms with Crippen LogP contribution in [0.3, 0.4) is 0 Å². The molecule has 3 aromatic carbocycles. The normalized spacial score (nSPS) is 11.8. The van der Waals surface area contributed by atoms with Crippen LogP contribution in [0.5, 0.6) is 11.5 Å². The summed E-state index contributed by atoms with van der Waals surface area (Å²) in [5, 5.41) is 3.08. The number of carbonyl (C=O) groups excluding carboxylic acids is 2. The molecule has 3 aromatic rings. The quantitative estimate of drug-likeness (QED) is 0.316. The predicted octanol–water partition coefficient (Wildman–Crippen LogP) is 4.50. The van der Waals surface area contributed by atoms with E-state index < -0.39 is 28.5 Å². The molecule has 40 heavy (non-hydrogen) atoms. The summed E-state index contributed by atoms with van der Waals surface area (Å²) in [4.78, 5) is 28.3. The average molecular weight is 588 g/mol. The molecule has 0 heterocycles. The zero-order chi connectivity index (χ0) is 29.3. The number of benzene rings is 3. The number of anilines is 1. The van der Waals surface area contributed by atoms with Crippen molar-refractivity contribution in [2.45, 2.75) is 37.8 Å². The van der Waals surface area contributed by atoms with Gasteiger partial charge in [-0.3, -0.25) is 13.9 Å². The number of halogens is 1. The van der Waals surface area contributed by atoms with E-state index in [1.165, 1.54) is 36.3 Å². The van der Waals surface area contributed by atoms with Gasteiger partial charge in [0.2, 0.25) is 11.8 Å². The second-order valence-corrected chi connectivity index (χ2v) is 11.3. The Morgan fingerprint density at radius 3 is 2.25 bits per heavy atom. The number of methoxy groups -OCH3 is 2. The third-order valence-electron chi connectivity index (χ3n) is 6.25. The highest BCUT2D eigenvalue weighted by atomic mass is 35.5. The molecule has 0 aromatic heterocycles.